The van der Waals surface area contributed by atoms with Crippen LogP contribution in [0.5, 0.6) is 0 Å². The molecule has 2 N–H and O–H groups in total. The molecule has 0 bridgehead atoms. The fourth-order valence-corrected chi connectivity index (χ4v) is 0.763. The number of carbonyl (C=O) groups is 2. The molecule has 2 amide bonds. The van der Waals surface area contributed by atoms with E-state index in [4.69, 9.17) is 0 Å². The van der Waals surface area contributed by atoms with Crippen molar-refractivity contribution in [3.8, 4) is 0 Å². The summed E-state index contributed by atoms with van der Waals surface area (Å²) in [5.74, 6) is -0.649. The van der Waals surface area contributed by atoms with E-state index < -0.39 is 0 Å². The molecule has 0 heterocycles. The summed E-state index contributed by atoms with van der Waals surface area (Å²) in [5.41, 5.74) is 0. The molecule has 0 saturated heterocycles. The van der Waals surface area contributed by atoms with Gasteiger partial charge < -0.3 is 20.4 Å². The lowest BCUT2D eigenvalue weighted by Gasteiger charge is -2.13. The summed E-state index contributed by atoms with van der Waals surface area (Å²) in [6.45, 7) is 8.85. The van der Waals surface area contributed by atoms with Crippen LogP contribution in [0.15, 0.2) is 25.3 Å². The van der Waals surface area contributed by atoms with Crippen molar-refractivity contribution < 1.29 is 9.59 Å². The molecule has 0 saturated carbocycles. The van der Waals surface area contributed by atoms with Crippen molar-refractivity contribution >= 4 is 11.8 Å². The Morgan fingerprint density at radius 2 is 1.21 bits per heavy atom. The summed E-state index contributed by atoms with van der Waals surface area (Å²) in [5, 5.41) is 4.72. The minimum absolute atomic E-state index is 0.0930. The van der Waals surface area contributed by atoms with Crippen LogP contribution in [0.3, 0.4) is 0 Å². The van der Waals surface area contributed by atoms with Crippen molar-refractivity contribution in [2.45, 2.75) is 0 Å². The Morgan fingerprint density at radius 3 is 1.42 bits per heavy atom. The Hall–Kier alpha value is -1.66. The molecular formula is C13H26N4O2. The van der Waals surface area contributed by atoms with Crippen molar-refractivity contribution in [3.05, 3.63) is 25.3 Å². The molecule has 6 heteroatoms. The molecule has 0 spiro atoms. The van der Waals surface area contributed by atoms with E-state index in [1.165, 1.54) is 0 Å². The summed E-state index contributed by atoms with van der Waals surface area (Å²) in [4.78, 5) is 25.3. The molecule has 0 radical (unpaired) electrons. The highest BCUT2D eigenvalue weighted by molar-refractivity contribution is 5.89. The maximum Gasteiger partial charge on any atom is 0.244 e. The summed E-state index contributed by atoms with van der Waals surface area (Å²) in [7, 11) is 8.35. The Balaban J connectivity index is 0. The first-order valence-electron chi connectivity index (χ1n) is 5.93. The number of nitrogens with zero attached hydrogens (tertiary/aromatic N) is 2. The number of hydrogen-bond acceptors (Lipinski definition) is 4. The first-order valence-corrected chi connectivity index (χ1v) is 5.93. The third kappa shape index (κ3) is 18.9. The second kappa shape index (κ2) is 12.8. The Morgan fingerprint density at radius 1 is 0.895 bits per heavy atom. The molecule has 0 aliphatic heterocycles. The van der Waals surface area contributed by atoms with Gasteiger partial charge in [0.1, 0.15) is 0 Å². The van der Waals surface area contributed by atoms with E-state index in [9.17, 15) is 9.59 Å². The average molecular weight is 270 g/mol. The lowest BCUT2D eigenvalue weighted by Crippen LogP contribution is -2.35. The largest absolute Gasteiger partial charge is 0.335 e. The van der Waals surface area contributed by atoms with Gasteiger partial charge in [-0.15, -0.1) is 0 Å². The molecule has 0 aliphatic rings. The lowest BCUT2D eigenvalue weighted by atomic mass is 10.5. The molecule has 0 aliphatic carbocycles. The van der Waals surface area contributed by atoms with Crippen molar-refractivity contribution in [2.75, 3.05) is 47.9 Å². The molecule has 0 fully saturated rings. The highest BCUT2D eigenvalue weighted by Gasteiger charge is 1.93. The molecule has 0 rings (SSSR count). The SMILES string of the molecule is C=CC(=O)NCNC(=O)C=C.CN(C)CCN(C)C. The van der Waals surface area contributed by atoms with Gasteiger partial charge in [-0.05, 0) is 40.3 Å². The third-order valence-electron chi connectivity index (χ3n) is 1.89. The maximum atomic E-state index is 10.5. The monoisotopic (exact) mass is 270 g/mol. The van der Waals surface area contributed by atoms with Crippen LogP contribution >= 0.6 is 0 Å². The number of nitrogens with one attached hydrogen (secondary N) is 2. The van der Waals surface area contributed by atoms with Gasteiger partial charge in [0.15, 0.2) is 0 Å². The van der Waals surface area contributed by atoms with Crippen LogP contribution in [0.4, 0.5) is 0 Å². The second-order valence-electron chi connectivity index (χ2n) is 4.27. The van der Waals surface area contributed by atoms with Gasteiger partial charge in [-0.1, -0.05) is 13.2 Å². The van der Waals surface area contributed by atoms with Crippen LogP contribution in [0.2, 0.25) is 0 Å². The summed E-state index contributed by atoms with van der Waals surface area (Å²) >= 11 is 0. The van der Waals surface area contributed by atoms with E-state index in [1.54, 1.807) is 0 Å². The van der Waals surface area contributed by atoms with E-state index >= 15 is 0 Å². The molecule has 0 aromatic carbocycles. The summed E-state index contributed by atoms with van der Waals surface area (Å²) in [6, 6.07) is 0. The van der Waals surface area contributed by atoms with E-state index in [2.05, 4.69) is 61.8 Å². The normalized spacial score (nSPS) is 9.37. The fraction of sp³-hybridized carbons (Fsp3) is 0.538. The van der Waals surface area contributed by atoms with E-state index in [0.717, 1.165) is 25.2 Å². The average Bonchev–Trinajstić information content (AvgIpc) is 2.36. The van der Waals surface area contributed by atoms with Crippen molar-refractivity contribution in [3.63, 3.8) is 0 Å². The lowest BCUT2D eigenvalue weighted by molar-refractivity contribution is -0.118. The first-order chi connectivity index (χ1) is 8.83. The molecule has 0 aromatic heterocycles. The van der Waals surface area contributed by atoms with Crippen molar-refractivity contribution in [1.82, 2.24) is 20.4 Å². The van der Waals surface area contributed by atoms with Gasteiger partial charge in [0.2, 0.25) is 11.8 Å². The topological polar surface area (TPSA) is 64.7 Å². The van der Waals surface area contributed by atoms with Crippen LogP contribution in [0, 0.1) is 0 Å². The van der Waals surface area contributed by atoms with Gasteiger partial charge >= 0.3 is 0 Å². The maximum absolute atomic E-state index is 10.5. The molecule has 0 unspecified atom stereocenters. The van der Waals surface area contributed by atoms with Crippen LogP contribution in [-0.2, 0) is 9.59 Å². The number of likely N-dealkylation sites (N-methyl/N-ethyl adjacent to an activating group) is 2. The van der Waals surface area contributed by atoms with E-state index in [1.807, 2.05) is 0 Å². The third-order valence-corrected chi connectivity index (χ3v) is 1.89. The minimum atomic E-state index is -0.325. The van der Waals surface area contributed by atoms with Gasteiger partial charge in [-0.25, -0.2) is 0 Å². The van der Waals surface area contributed by atoms with Gasteiger partial charge in [0, 0.05) is 13.1 Å². The van der Waals surface area contributed by atoms with Gasteiger partial charge in [0.25, 0.3) is 0 Å². The molecule has 110 valence electrons. The number of rotatable bonds is 7. The standard InChI is InChI=1S/C7H10N2O2.C6H16N2/c1-3-6(10)8-5-9-7(11)4-2;1-7(2)5-6-8(3)4/h3-4H,1-2,5H2,(H,8,10)(H,9,11);5-6H2,1-4H3. The molecular weight excluding hydrogens is 244 g/mol. The smallest absolute Gasteiger partial charge is 0.244 e. The summed E-state index contributed by atoms with van der Waals surface area (Å²) in [6.07, 6.45) is 2.25. The first kappa shape index (κ1) is 19.7. The van der Waals surface area contributed by atoms with Crippen LogP contribution in [0.1, 0.15) is 0 Å². The van der Waals surface area contributed by atoms with Crippen molar-refractivity contribution in [1.29, 1.82) is 0 Å². The number of amides is 2. The summed E-state index contributed by atoms with van der Waals surface area (Å²) < 4.78 is 0. The van der Waals surface area contributed by atoms with E-state index in [0.29, 0.717) is 0 Å². The second-order valence-corrected chi connectivity index (χ2v) is 4.27. The van der Waals surface area contributed by atoms with Gasteiger partial charge in [0.05, 0.1) is 6.67 Å². The van der Waals surface area contributed by atoms with Gasteiger partial charge in [-0.3, -0.25) is 9.59 Å². The molecule has 6 nitrogen and oxygen atoms in total. The molecule has 0 atom stereocenters. The zero-order chi connectivity index (χ0) is 15.3. The number of carbonyl (C=O) groups excluding carboxylic acids is 2. The van der Waals surface area contributed by atoms with Crippen LogP contribution < -0.4 is 10.6 Å². The number of hydrogen-bond donors (Lipinski definition) is 2. The van der Waals surface area contributed by atoms with Crippen molar-refractivity contribution in [2.24, 2.45) is 0 Å². The predicted molar refractivity (Wildman–Crippen MR) is 78.7 cm³/mol. The molecule has 0 aromatic rings. The molecule has 19 heavy (non-hydrogen) atoms. The van der Waals surface area contributed by atoms with E-state index in [-0.39, 0.29) is 18.5 Å². The Labute approximate surface area is 116 Å². The van der Waals surface area contributed by atoms with Crippen LogP contribution in [0.25, 0.3) is 0 Å². The van der Waals surface area contributed by atoms with Gasteiger partial charge in [-0.2, -0.15) is 0 Å². The minimum Gasteiger partial charge on any atom is -0.335 e. The Kier molecular flexibility index (Phi) is 13.2. The zero-order valence-corrected chi connectivity index (χ0v) is 12.4. The Bertz CT molecular complexity index is 260. The quantitative estimate of drug-likeness (QED) is 0.491. The highest BCUT2D eigenvalue weighted by atomic mass is 16.2. The highest BCUT2D eigenvalue weighted by Crippen LogP contribution is 1.76. The zero-order valence-electron chi connectivity index (χ0n) is 12.4. The van der Waals surface area contributed by atoms with Crippen LogP contribution in [-0.4, -0.2) is 69.6 Å². The predicted octanol–water partition coefficient (Wildman–Crippen LogP) is -0.342. The fourth-order valence-electron chi connectivity index (χ4n) is 0.763.